The fourth-order valence-corrected chi connectivity index (χ4v) is 3.77. The lowest BCUT2D eigenvalue weighted by molar-refractivity contribution is 0.0679. The largest absolute Gasteiger partial charge is 0.491 e. The summed E-state index contributed by atoms with van der Waals surface area (Å²) in [6.45, 7) is 6.65. The van der Waals surface area contributed by atoms with Gasteiger partial charge in [0, 0.05) is 31.3 Å². The Bertz CT molecular complexity index is 572. The molecule has 5 nitrogen and oxygen atoms in total. The van der Waals surface area contributed by atoms with Crippen LogP contribution in [0.1, 0.15) is 55.8 Å². The van der Waals surface area contributed by atoms with Gasteiger partial charge in [-0.2, -0.15) is 0 Å². The molecule has 1 N–H and O–H groups in total. The summed E-state index contributed by atoms with van der Waals surface area (Å²) in [4.78, 5) is 14.9. The number of benzene rings is 1. The predicted octanol–water partition coefficient (Wildman–Crippen LogP) is 3.24. The predicted molar refractivity (Wildman–Crippen MR) is 103 cm³/mol. The average Bonchev–Trinajstić information content (AvgIpc) is 3.18. The van der Waals surface area contributed by atoms with Gasteiger partial charge in [0.1, 0.15) is 12.4 Å². The summed E-state index contributed by atoms with van der Waals surface area (Å²) in [6.07, 6.45) is 7.28. The third-order valence-corrected chi connectivity index (χ3v) is 5.40. The van der Waals surface area contributed by atoms with Crippen molar-refractivity contribution in [3.8, 4) is 5.75 Å². The van der Waals surface area contributed by atoms with Crippen molar-refractivity contribution in [1.29, 1.82) is 0 Å². The molecule has 1 aromatic carbocycles. The molecule has 2 heterocycles. The van der Waals surface area contributed by atoms with Gasteiger partial charge in [-0.25, -0.2) is 0 Å². The van der Waals surface area contributed by atoms with Crippen LogP contribution in [-0.4, -0.2) is 55.8 Å². The highest BCUT2D eigenvalue weighted by atomic mass is 16.5. The number of hydrogen-bond donors (Lipinski definition) is 1. The lowest BCUT2D eigenvalue weighted by atomic mass is 10.0. The number of hydrogen-bond acceptors (Lipinski definition) is 4. The molecule has 144 valence electrons. The van der Waals surface area contributed by atoms with E-state index >= 15 is 0 Å². The lowest BCUT2D eigenvalue weighted by Gasteiger charge is -2.33. The molecule has 5 heteroatoms. The van der Waals surface area contributed by atoms with E-state index in [2.05, 4.69) is 17.1 Å². The van der Waals surface area contributed by atoms with E-state index in [0.717, 1.165) is 38.2 Å². The van der Waals surface area contributed by atoms with Gasteiger partial charge in [0.15, 0.2) is 0 Å². The minimum Gasteiger partial charge on any atom is -0.491 e. The second kappa shape index (κ2) is 9.93. The number of nitrogens with zero attached hydrogens (tertiary/aromatic N) is 1. The molecule has 3 rings (SSSR count). The smallest absolute Gasteiger partial charge is 0.251 e. The summed E-state index contributed by atoms with van der Waals surface area (Å²) in [5.41, 5.74) is 0.654. The van der Waals surface area contributed by atoms with Crippen molar-refractivity contribution >= 4 is 5.91 Å². The van der Waals surface area contributed by atoms with Crippen LogP contribution in [0.3, 0.4) is 0 Å². The number of ether oxygens (including phenoxy) is 2. The molecule has 2 aliphatic heterocycles. The lowest BCUT2D eigenvalue weighted by Crippen LogP contribution is -2.39. The highest BCUT2D eigenvalue weighted by Crippen LogP contribution is 2.18. The molecule has 1 amide bonds. The fourth-order valence-electron chi connectivity index (χ4n) is 3.77. The molecule has 2 atom stereocenters. The van der Waals surface area contributed by atoms with Gasteiger partial charge < -0.3 is 19.7 Å². The van der Waals surface area contributed by atoms with Crippen LogP contribution in [0.4, 0.5) is 0 Å². The van der Waals surface area contributed by atoms with Crippen LogP contribution in [0, 0.1) is 0 Å². The SMILES string of the molecule is CC1CCCCN1CCCNC(=O)c1cccc(OCC2CCCO2)c1. The molecule has 2 fully saturated rings. The van der Waals surface area contributed by atoms with E-state index in [1.165, 1.54) is 25.8 Å². The Labute approximate surface area is 157 Å². The van der Waals surface area contributed by atoms with Gasteiger partial charge in [0.2, 0.25) is 0 Å². The maximum atomic E-state index is 12.4. The van der Waals surface area contributed by atoms with Crippen molar-refractivity contribution in [2.75, 3.05) is 32.8 Å². The summed E-state index contributed by atoms with van der Waals surface area (Å²) in [5, 5.41) is 3.03. The Kier molecular flexibility index (Phi) is 7.32. The van der Waals surface area contributed by atoms with E-state index in [0.29, 0.717) is 24.8 Å². The number of carbonyl (C=O) groups is 1. The molecule has 0 aromatic heterocycles. The minimum absolute atomic E-state index is 0.0285. The molecule has 1 aromatic rings. The van der Waals surface area contributed by atoms with Crippen molar-refractivity contribution < 1.29 is 14.3 Å². The normalized spacial score (nSPS) is 23.7. The molecule has 2 aliphatic rings. The maximum Gasteiger partial charge on any atom is 0.251 e. The van der Waals surface area contributed by atoms with Crippen LogP contribution in [-0.2, 0) is 4.74 Å². The van der Waals surface area contributed by atoms with Crippen LogP contribution in [0.5, 0.6) is 5.75 Å². The van der Waals surface area contributed by atoms with Crippen LogP contribution >= 0.6 is 0 Å². The molecule has 2 unspecified atom stereocenters. The molecular formula is C21H32N2O3. The number of rotatable bonds is 8. The summed E-state index contributed by atoms with van der Waals surface area (Å²) < 4.78 is 11.4. The fraction of sp³-hybridized carbons (Fsp3) is 0.667. The molecular weight excluding hydrogens is 328 g/mol. The first-order chi connectivity index (χ1) is 12.7. The molecule has 0 spiro atoms. The van der Waals surface area contributed by atoms with Gasteiger partial charge >= 0.3 is 0 Å². The maximum absolute atomic E-state index is 12.4. The molecule has 0 saturated carbocycles. The monoisotopic (exact) mass is 360 g/mol. The van der Waals surface area contributed by atoms with Crippen molar-refractivity contribution in [2.24, 2.45) is 0 Å². The van der Waals surface area contributed by atoms with Crippen molar-refractivity contribution in [3.05, 3.63) is 29.8 Å². The Hall–Kier alpha value is -1.59. The summed E-state index contributed by atoms with van der Waals surface area (Å²) in [5.74, 6) is 0.703. The summed E-state index contributed by atoms with van der Waals surface area (Å²) in [7, 11) is 0. The van der Waals surface area contributed by atoms with E-state index in [-0.39, 0.29) is 12.0 Å². The van der Waals surface area contributed by atoms with Crippen molar-refractivity contribution in [2.45, 2.75) is 57.6 Å². The van der Waals surface area contributed by atoms with Crippen molar-refractivity contribution in [1.82, 2.24) is 10.2 Å². The van der Waals surface area contributed by atoms with Crippen LogP contribution in [0.2, 0.25) is 0 Å². The second-order valence-corrected chi connectivity index (χ2v) is 7.46. The third-order valence-electron chi connectivity index (χ3n) is 5.40. The van der Waals surface area contributed by atoms with Gasteiger partial charge in [-0.15, -0.1) is 0 Å². The number of piperidine rings is 1. The highest BCUT2D eigenvalue weighted by molar-refractivity contribution is 5.94. The van der Waals surface area contributed by atoms with Gasteiger partial charge in [-0.3, -0.25) is 4.79 Å². The van der Waals surface area contributed by atoms with E-state index in [4.69, 9.17) is 9.47 Å². The quantitative estimate of drug-likeness (QED) is 0.723. The van der Waals surface area contributed by atoms with E-state index in [1.807, 2.05) is 24.3 Å². The molecule has 0 radical (unpaired) electrons. The number of nitrogens with one attached hydrogen (secondary N) is 1. The van der Waals surface area contributed by atoms with E-state index in [1.54, 1.807) is 0 Å². The van der Waals surface area contributed by atoms with Gasteiger partial charge in [-0.05, 0) is 63.8 Å². The topological polar surface area (TPSA) is 50.8 Å². The first kappa shape index (κ1) is 19.2. The highest BCUT2D eigenvalue weighted by Gasteiger charge is 2.18. The standard InChI is InChI=1S/C21H32N2O3/c1-17-7-2-3-12-23(17)13-6-11-22-21(24)18-8-4-9-19(15-18)26-16-20-10-5-14-25-20/h4,8-9,15,17,20H,2-3,5-7,10-14,16H2,1H3,(H,22,24). The number of amides is 1. The molecule has 0 bridgehead atoms. The first-order valence-electron chi connectivity index (χ1n) is 10.1. The number of carbonyl (C=O) groups excluding carboxylic acids is 1. The Morgan fingerprint density at radius 1 is 1.31 bits per heavy atom. The molecule has 2 saturated heterocycles. The van der Waals surface area contributed by atoms with Crippen LogP contribution in [0.15, 0.2) is 24.3 Å². The summed E-state index contributed by atoms with van der Waals surface area (Å²) >= 11 is 0. The number of likely N-dealkylation sites (tertiary alicyclic amines) is 1. The van der Waals surface area contributed by atoms with Gasteiger partial charge in [0.25, 0.3) is 5.91 Å². The zero-order valence-electron chi connectivity index (χ0n) is 15.9. The minimum atomic E-state index is -0.0285. The van der Waals surface area contributed by atoms with Crippen molar-refractivity contribution in [3.63, 3.8) is 0 Å². The molecule has 0 aliphatic carbocycles. The second-order valence-electron chi connectivity index (χ2n) is 7.46. The zero-order valence-corrected chi connectivity index (χ0v) is 15.9. The summed E-state index contributed by atoms with van der Waals surface area (Å²) in [6, 6.07) is 8.09. The first-order valence-corrected chi connectivity index (χ1v) is 10.1. The third kappa shape index (κ3) is 5.71. The van der Waals surface area contributed by atoms with Crippen LogP contribution < -0.4 is 10.1 Å². The average molecular weight is 360 g/mol. The molecule has 26 heavy (non-hydrogen) atoms. The Morgan fingerprint density at radius 2 is 2.23 bits per heavy atom. The van der Waals surface area contributed by atoms with Gasteiger partial charge in [0.05, 0.1) is 6.10 Å². The van der Waals surface area contributed by atoms with Crippen LogP contribution in [0.25, 0.3) is 0 Å². The van der Waals surface area contributed by atoms with Gasteiger partial charge in [-0.1, -0.05) is 12.5 Å². The van der Waals surface area contributed by atoms with E-state index in [9.17, 15) is 4.79 Å². The zero-order chi connectivity index (χ0) is 18.2. The van der Waals surface area contributed by atoms with E-state index < -0.39 is 0 Å². The Morgan fingerprint density at radius 3 is 3.04 bits per heavy atom. The Balaban J connectivity index is 1.38.